The minimum Gasteiger partial charge on any atom is -0.491 e. The maximum absolute atomic E-state index is 11.0. The van der Waals surface area contributed by atoms with Crippen LogP contribution < -0.4 is 4.74 Å². The summed E-state index contributed by atoms with van der Waals surface area (Å²) in [6, 6.07) is 8.01. The molecule has 1 aromatic carbocycles. The zero-order valence-corrected chi connectivity index (χ0v) is 11.1. The monoisotopic (exact) mass is 235 g/mol. The molecule has 0 bridgehead atoms. The number of rotatable bonds is 6. The highest BCUT2D eigenvalue weighted by atomic mass is 16.5. The molecule has 3 nitrogen and oxygen atoms in total. The molecule has 0 unspecified atom stereocenters. The fourth-order valence-corrected chi connectivity index (χ4v) is 1.69. The Morgan fingerprint density at radius 1 is 1.29 bits per heavy atom. The lowest BCUT2D eigenvalue weighted by molar-refractivity contribution is -0.117. The minimum absolute atomic E-state index is 0.187. The van der Waals surface area contributed by atoms with Crippen LogP contribution in [0.1, 0.15) is 26.3 Å². The Bertz CT molecular complexity index is 357. The Morgan fingerprint density at radius 2 is 1.88 bits per heavy atom. The van der Waals surface area contributed by atoms with Crippen LogP contribution in [0.2, 0.25) is 0 Å². The summed E-state index contributed by atoms with van der Waals surface area (Å²) in [6.07, 6.45) is 0.196. The van der Waals surface area contributed by atoms with Gasteiger partial charge < -0.3 is 4.74 Å². The van der Waals surface area contributed by atoms with Gasteiger partial charge in [0.05, 0.1) is 12.6 Å². The lowest BCUT2D eigenvalue weighted by atomic mass is 10.2. The summed E-state index contributed by atoms with van der Waals surface area (Å²) >= 11 is 0. The van der Waals surface area contributed by atoms with Crippen LogP contribution in [-0.2, 0) is 11.3 Å². The van der Waals surface area contributed by atoms with Crippen molar-refractivity contribution < 1.29 is 9.53 Å². The van der Waals surface area contributed by atoms with Gasteiger partial charge in [-0.25, -0.2) is 0 Å². The maximum Gasteiger partial charge on any atom is 0.143 e. The SMILES string of the molecule is CC(=O)CN(C)Cc1ccc(OC(C)C)cc1. The highest BCUT2D eigenvalue weighted by Crippen LogP contribution is 2.14. The summed E-state index contributed by atoms with van der Waals surface area (Å²) in [5, 5.41) is 0. The summed E-state index contributed by atoms with van der Waals surface area (Å²) < 4.78 is 5.57. The van der Waals surface area contributed by atoms with Crippen LogP contribution in [0, 0.1) is 0 Å². The number of carbonyl (C=O) groups is 1. The first-order chi connectivity index (χ1) is 7.97. The molecular formula is C14H21NO2. The van der Waals surface area contributed by atoms with E-state index in [9.17, 15) is 4.79 Å². The molecule has 1 aromatic rings. The Kier molecular flexibility index (Phi) is 5.16. The summed E-state index contributed by atoms with van der Waals surface area (Å²) in [5.41, 5.74) is 1.19. The number of ketones is 1. The van der Waals surface area contributed by atoms with Gasteiger partial charge in [-0.2, -0.15) is 0 Å². The molecule has 94 valence electrons. The van der Waals surface area contributed by atoms with Crippen LogP contribution in [0.15, 0.2) is 24.3 Å². The van der Waals surface area contributed by atoms with Crippen LogP contribution in [0.4, 0.5) is 0 Å². The number of Topliss-reactive ketones (excluding diaryl/α,β-unsaturated/α-hetero) is 1. The van der Waals surface area contributed by atoms with Crippen LogP contribution in [0.5, 0.6) is 5.75 Å². The normalized spacial score (nSPS) is 10.9. The minimum atomic E-state index is 0.187. The third kappa shape index (κ3) is 5.50. The number of ether oxygens (including phenoxy) is 1. The van der Waals surface area contributed by atoms with Crippen molar-refractivity contribution in [2.24, 2.45) is 0 Å². The molecule has 0 saturated carbocycles. The number of benzene rings is 1. The molecular weight excluding hydrogens is 214 g/mol. The zero-order chi connectivity index (χ0) is 12.8. The first-order valence-electron chi connectivity index (χ1n) is 5.91. The topological polar surface area (TPSA) is 29.5 Å². The van der Waals surface area contributed by atoms with Gasteiger partial charge in [0.15, 0.2) is 0 Å². The van der Waals surface area contributed by atoms with Crippen molar-refractivity contribution in [3.63, 3.8) is 0 Å². The van der Waals surface area contributed by atoms with Gasteiger partial charge in [-0.15, -0.1) is 0 Å². The number of carbonyl (C=O) groups excluding carboxylic acids is 1. The Hall–Kier alpha value is -1.35. The molecule has 0 amide bonds. The van der Waals surface area contributed by atoms with Crippen molar-refractivity contribution in [3.05, 3.63) is 29.8 Å². The van der Waals surface area contributed by atoms with Gasteiger partial charge in [-0.3, -0.25) is 9.69 Å². The van der Waals surface area contributed by atoms with E-state index in [4.69, 9.17) is 4.74 Å². The zero-order valence-electron chi connectivity index (χ0n) is 11.1. The van der Waals surface area contributed by atoms with Gasteiger partial charge >= 0.3 is 0 Å². The van der Waals surface area contributed by atoms with Crippen LogP contribution in [0.3, 0.4) is 0 Å². The summed E-state index contributed by atoms with van der Waals surface area (Å²) in [4.78, 5) is 13.0. The third-order valence-electron chi connectivity index (χ3n) is 2.24. The van der Waals surface area contributed by atoms with Gasteiger partial charge in [0.25, 0.3) is 0 Å². The number of likely N-dealkylation sites (N-methyl/N-ethyl adjacent to an activating group) is 1. The van der Waals surface area contributed by atoms with Crippen LogP contribution in [-0.4, -0.2) is 30.4 Å². The van der Waals surface area contributed by atoms with Gasteiger partial charge in [0, 0.05) is 6.54 Å². The van der Waals surface area contributed by atoms with Crippen molar-refractivity contribution in [1.82, 2.24) is 4.90 Å². The molecule has 0 aromatic heterocycles. The second-order valence-corrected chi connectivity index (χ2v) is 4.68. The second-order valence-electron chi connectivity index (χ2n) is 4.68. The number of nitrogens with zero attached hydrogens (tertiary/aromatic N) is 1. The predicted octanol–water partition coefficient (Wildman–Crippen LogP) is 2.49. The molecule has 0 aliphatic heterocycles. The van der Waals surface area contributed by atoms with E-state index in [2.05, 4.69) is 0 Å². The van der Waals surface area contributed by atoms with E-state index in [1.807, 2.05) is 50.1 Å². The molecule has 0 heterocycles. The molecule has 0 radical (unpaired) electrons. The molecule has 0 aliphatic rings. The molecule has 0 spiro atoms. The van der Waals surface area contributed by atoms with Crippen molar-refractivity contribution in [1.29, 1.82) is 0 Å². The summed E-state index contributed by atoms with van der Waals surface area (Å²) in [7, 11) is 1.94. The quantitative estimate of drug-likeness (QED) is 0.758. The van der Waals surface area contributed by atoms with E-state index in [1.165, 1.54) is 5.56 Å². The smallest absolute Gasteiger partial charge is 0.143 e. The maximum atomic E-state index is 11.0. The number of hydrogen-bond acceptors (Lipinski definition) is 3. The average molecular weight is 235 g/mol. The molecule has 0 atom stereocenters. The first-order valence-corrected chi connectivity index (χ1v) is 5.91. The Balaban J connectivity index is 2.53. The van der Waals surface area contributed by atoms with E-state index in [0.717, 1.165) is 12.3 Å². The van der Waals surface area contributed by atoms with Crippen molar-refractivity contribution in [2.75, 3.05) is 13.6 Å². The second kappa shape index (κ2) is 6.40. The van der Waals surface area contributed by atoms with E-state index in [1.54, 1.807) is 6.92 Å². The van der Waals surface area contributed by atoms with E-state index < -0.39 is 0 Å². The van der Waals surface area contributed by atoms with Gasteiger partial charge in [-0.1, -0.05) is 12.1 Å². The van der Waals surface area contributed by atoms with Crippen molar-refractivity contribution in [3.8, 4) is 5.75 Å². The molecule has 3 heteroatoms. The van der Waals surface area contributed by atoms with Crippen molar-refractivity contribution in [2.45, 2.75) is 33.4 Å². The Morgan fingerprint density at radius 3 is 2.35 bits per heavy atom. The van der Waals surface area contributed by atoms with Crippen LogP contribution >= 0.6 is 0 Å². The van der Waals surface area contributed by atoms with Gasteiger partial charge in [0.2, 0.25) is 0 Å². The highest BCUT2D eigenvalue weighted by molar-refractivity contribution is 5.77. The molecule has 17 heavy (non-hydrogen) atoms. The molecule has 0 aliphatic carbocycles. The fourth-order valence-electron chi connectivity index (χ4n) is 1.69. The summed E-state index contributed by atoms with van der Waals surface area (Å²) in [5.74, 6) is 1.07. The number of hydrogen-bond donors (Lipinski definition) is 0. The van der Waals surface area contributed by atoms with E-state index >= 15 is 0 Å². The highest BCUT2D eigenvalue weighted by Gasteiger charge is 2.03. The first kappa shape index (κ1) is 13.7. The van der Waals surface area contributed by atoms with Crippen LogP contribution in [0.25, 0.3) is 0 Å². The molecule has 0 N–H and O–H groups in total. The van der Waals surface area contributed by atoms with E-state index in [-0.39, 0.29) is 11.9 Å². The van der Waals surface area contributed by atoms with Gasteiger partial charge in [0.1, 0.15) is 11.5 Å². The van der Waals surface area contributed by atoms with Crippen molar-refractivity contribution >= 4 is 5.78 Å². The summed E-state index contributed by atoms with van der Waals surface area (Å²) in [6.45, 7) is 6.89. The standard InChI is InChI=1S/C14H21NO2/c1-11(2)17-14-7-5-13(6-8-14)10-15(4)9-12(3)16/h5-8,11H,9-10H2,1-4H3. The van der Waals surface area contributed by atoms with E-state index in [0.29, 0.717) is 6.54 Å². The molecule has 0 saturated heterocycles. The lowest BCUT2D eigenvalue weighted by Gasteiger charge is -2.15. The average Bonchev–Trinajstić information content (AvgIpc) is 2.18. The third-order valence-corrected chi connectivity index (χ3v) is 2.24. The largest absolute Gasteiger partial charge is 0.491 e. The lowest BCUT2D eigenvalue weighted by Crippen LogP contribution is -2.23. The fraction of sp³-hybridized carbons (Fsp3) is 0.500. The van der Waals surface area contributed by atoms with Gasteiger partial charge in [-0.05, 0) is 45.5 Å². The molecule has 1 rings (SSSR count). The predicted molar refractivity (Wildman–Crippen MR) is 69.2 cm³/mol. The molecule has 0 fully saturated rings. The Labute approximate surface area is 103 Å².